The Labute approximate surface area is 92.1 Å². The number of hydrogen-bond acceptors (Lipinski definition) is 2. The van der Waals surface area contributed by atoms with Crippen LogP contribution in [0.4, 0.5) is 0 Å². The predicted molar refractivity (Wildman–Crippen MR) is 62.0 cm³/mol. The van der Waals surface area contributed by atoms with Crippen LogP contribution in [0.2, 0.25) is 0 Å². The molecule has 0 N–H and O–H groups in total. The normalized spacial score (nSPS) is 22.5. The van der Waals surface area contributed by atoms with Gasteiger partial charge >= 0.3 is 0 Å². The first-order valence-corrected chi connectivity index (χ1v) is 5.96. The topological polar surface area (TPSA) is 21.1 Å². The smallest absolute Gasteiger partial charge is 0.0596 e. The molecule has 2 heterocycles. The fourth-order valence-electron chi connectivity index (χ4n) is 2.58. The van der Waals surface area contributed by atoms with Gasteiger partial charge < -0.3 is 0 Å². The Morgan fingerprint density at radius 2 is 2.27 bits per heavy atom. The number of likely N-dealkylation sites (N-methyl/N-ethyl adjacent to an activating group) is 1. The first-order chi connectivity index (χ1) is 7.20. The monoisotopic (exact) mass is 207 g/mol. The number of hydrogen-bond donors (Lipinski definition) is 0. The van der Waals surface area contributed by atoms with E-state index in [4.69, 9.17) is 0 Å². The van der Waals surface area contributed by atoms with Crippen LogP contribution in [-0.2, 0) is 6.54 Å². The lowest BCUT2D eigenvalue weighted by atomic mass is 10.2. The van der Waals surface area contributed by atoms with Crippen molar-refractivity contribution in [2.75, 3.05) is 13.1 Å². The van der Waals surface area contributed by atoms with E-state index in [2.05, 4.69) is 41.5 Å². The van der Waals surface area contributed by atoms with Crippen LogP contribution in [0.5, 0.6) is 0 Å². The standard InChI is InChI=1S/C12H21N3/c1-4-14-7-5-6-12(14)9-15-11(3)8-10(2)13-15/h8,12H,4-7,9H2,1-3H3/t12-/m1/s1. The lowest BCUT2D eigenvalue weighted by molar-refractivity contribution is 0.237. The Morgan fingerprint density at radius 3 is 2.87 bits per heavy atom. The van der Waals surface area contributed by atoms with E-state index in [1.54, 1.807) is 0 Å². The van der Waals surface area contributed by atoms with Crippen LogP contribution in [0.1, 0.15) is 31.2 Å². The van der Waals surface area contributed by atoms with Gasteiger partial charge in [0.05, 0.1) is 12.2 Å². The molecule has 1 aromatic rings. The maximum Gasteiger partial charge on any atom is 0.0596 e. The molecule has 2 rings (SSSR count). The summed E-state index contributed by atoms with van der Waals surface area (Å²) in [5.74, 6) is 0. The van der Waals surface area contributed by atoms with Crippen molar-refractivity contribution >= 4 is 0 Å². The summed E-state index contributed by atoms with van der Waals surface area (Å²) in [5, 5.41) is 4.53. The molecule has 0 spiro atoms. The maximum atomic E-state index is 4.53. The highest BCUT2D eigenvalue weighted by atomic mass is 15.3. The molecule has 3 nitrogen and oxygen atoms in total. The minimum atomic E-state index is 0.702. The van der Waals surface area contributed by atoms with Crippen LogP contribution in [0.3, 0.4) is 0 Å². The number of nitrogens with zero attached hydrogens (tertiary/aromatic N) is 3. The molecule has 0 aliphatic carbocycles. The Bertz CT molecular complexity index is 330. The van der Waals surface area contributed by atoms with Gasteiger partial charge in [0.2, 0.25) is 0 Å². The van der Waals surface area contributed by atoms with Gasteiger partial charge in [0.15, 0.2) is 0 Å². The van der Waals surface area contributed by atoms with Crippen molar-refractivity contribution in [1.82, 2.24) is 14.7 Å². The number of likely N-dealkylation sites (tertiary alicyclic amines) is 1. The van der Waals surface area contributed by atoms with E-state index in [1.165, 1.54) is 31.6 Å². The first kappa shape index (κ1) is 10.7. The van der Waals surface area contributed by atoms with E-state index in [0.29, 0.717) is 6.04 Å². The van der Waals surface area contributed by atoms with Crippen molar-refractivity contribution in [1.29, 1.82) is 0 Å². The number of rotatable bonds is 3. The molecule has 1 aromatic heterocycles. The van der Waals surface area contributed by atoms with E-state index < -0.39 is 0 Å². The fraction of sp³-hybridized carbons (Fsp3) is 0.750. The average Bonchev–Trinajstić information content (AvgIpc) is 2.74. The SMILES string of the molecule is CCN1CCC[C@@H]1Cn1nc(C)cc1C. The Morgan fingerprint density at radius 1 is 1.47 bits per heavy atom. The minimum Gasteiger partial charge on any atom is -0.299 e. The molecule has 0 bridgehead atoms. The van der Waals surface area contributed by atoms with Gasteiger partial charge in [0, 0.05) is 11.7 Å². The molecule has 1 fully saturated rings. The van der Waals surface area contributed by atoms with Gasteiger partial charge in [-0.1, -0.05) is 6.92 Å². The van der Waals surface area contributed by atoms with Crippen molar-refractivity contribution in [3.63, 3.8) is 0 Å². The van der Waals surface area contributed by atoms with E-state index in [1.807, 2.05) is 0 Å². The average molecular weight is 207 g/mol. The highest BCUT2D eigenvalue weighted by Gasteiger charge is 2.23. The van der Waals surface area contributed by atoms with Gasteiger partial charge in [-0.05, 0) is 45.8 Å². The zero-order valence-electron chi connectivity index (χ0n) is 10.0. The van der Waals surface area contributed by atoms with Crippen LogP contribution in [-0.4, -0.2) is 33.8 Å². The van der Waals surface area contributed by atoms with Gasteiger partial charge in [-0.25, -0.2) is 0 Å². The summed E-state index contributed by atoms with van der Waals surface area (Å²) in [6.45, 7) is 9.96. The molecule has 0 radical (unpaired) electrons. The molecule has 1 aliphatic heterocycles. The fourth-order valence-corrected chi connectivity index (χ4v) is 2.58. The van der Waals surface area contributed by atoms with E-state index in [0.717, 1.165) is 12.2 Å². The maximum absolute atomic E-state index is 4.53. The zero-order chi connectivity index (χ0) is 10.8. The quantitative estimate of drug-likeness (QED) is 0.755. The van der Waals surface area contributed by atoms with Crippen LogP contribution in [0.15, 0.2) is 6.07 Å². The molecule has 3 heteroatoms. The van der Waals surface area contributed by atoms with Crippen LogP contribution < -0.4 is 0 Å². The molecule has 0 unspecified atom stereocenters. The van der Waals surface area contributed by atoms with Crippen molar-refractivity contribution in [2.45, 2.75) is 46.2 Å². The number of aryl methyl sites for hydroxylation is 2. The van der Waals surface area contributed by atoms with Gasteiger partial charge in [0.25, 0.3) is 0 Å². The molecule has 0 saturated carbocycles. The Hall–Kier alpha value is -0.830. The zero-order valence-corrected chi connectivity index (χ0v) is 10.0. The summed E-state index contributed by atoms with van der Waals surface area (Å²) < 4.78 is 2.16. The second-order valence-corrected chi connectivity index (χ2v) is 4.53. The highest BCUT2D eigenvalue weighted by Crippen LogP contribution is 2.18. The van der Waals surface area contributed by atoms with E-state index >= 15 is 0 Å². The third-order valence-corrected chi connectivity index (χ3v) is 3.39. The van der Waals surface area contributed by atoms with E-state index in [9.17, 15) is 0 Å². The largest absolute Gasteiger partial charge is 0.299 e. The first-order valence-electron chi connectivity index (χ1n) is 5.96. The second kappa shape index (κ2) is 4.35. The third-order valence-electron chi connectivity index (χ3n) is 3.39. The van der Waals surface area contributed by atoms with Crippen molar-refractivity contribution in [3.8, 4) is 0 Å². The van der Waals surface area contributed by atoms with Gasteiger partial charge in [0.1, 0.15) is 0 Å². The molecule has 84 valence electrons. The Balaban J connectivity index is 2.05. The lowest BCUT2D eigenvalue weighted by Crippen LogP contribution is -2.33. The molecule has 1 aliphatic rings. The summed E-state index contributed by atoms with van der Waals surface area (Å²) in [7, 11) is 0. The third kappa shape index (κ3) is 2.23. The van der Waals surface area contributed by atoms with Crippen LogP contribution >= 0.6 is 0 Å². The van der Waals surface area contributed by atoms with Crippen LogP contribution in [0.25, 0.3) is 0 Å². The van der Waals surface area contributed by atoms with Gasteiger partial charge in [-0.2, -0.15) is 5.10 Å². The lowest BCUT2D eigenvalue weighted by Gasteiger charge is -2.23. The predicted octanol–water partition coefficient (Wildman–Crippen LogP) is 1.98. The number of aromatic nitrogens is 2. The van der Waals surface area contributed by atoms with Crippen molar-refractivity contribution in [3.05, 3.63) is 17.5 Å². The summed E-state index contributed by atoms with van der Waals surface area (Å²) in [6, 6.07) is 2.86. The van der Waals surface area contributed by atoms with Gasteiger partial charge in [-0.15, -0.1) is 0 Å². The molecule has 0 aromatic carbocycles. The highest BCUT2D eigenvalue weighted by molar-refractivity contribution is 5.06. The van der Waals surface area contributed by atoms with Crippen LogP contribution in [0, 0.1) is 13.8 Å². The summed E-state index contributed by atoms with van der Waals surface area (Å²) in [5.41, 5.74) is 2.42. The second-order valence-electron chi connectivity index (χ2n) is 4.53. The van der Waals surface area contributed by atoms with E-state index in [-0.39, 0.29) is 0 Å². The molecule has 1 atom stereocenters. The summed E-state index contributed by atoms with van der Waals surface area (Å²) in [4.78, 5) is 2.57. The molecule has 0 amide bonds. The molecular formula is C12H21N3. The summed E-state index contributed by atoms with van der Waals surface area (Å²) in [6.07, 6.45) is 2.67. The van der Waals surface area contributed by atoms with Gasteiger partial charge in [-0.3, -0.25) is 9.58 Å². The summed E-state index contributed by atoms with van der Waals surface area (Å²) >= 11 is 0. The van der Waals surface area contributed by atoms with Crippen molar-refractivity contribution in [2.24, 2.45) is 0 Å². The minimum absolute atomic E-state index is 0.702. The van der Waals surface area contributed by atoms with Crippen molar-refractivity contribution < 1.29 is 0 Å². The molecule has 1 saturated heterocycles. The Kier molecular flexibility index (Phi) is 3.10. The molecule has 15 heavy (non-hydrogen) atoms. The molecular weight excluding hydrogens is 186 g/mol.